The Labute approximate surface area is 158 Å². The van der Waals surface area contributed by atoms with E-state index in [0.717, 1.165) is 17.9 Å². The maximum Gasteiger partial charge on any atom is 0.227 e. The molecule has 0 aliphatic carbocycles. The van der Waals surface area contributed by atoms with Crippen molar-refractivity contribution in [3.8, 4) is 0 Å². The van der Waals surface area contributed by atoms with Gasteiger partial charge >= 0.3 is 0 Å². The van der Waals surface area contributed by atoms with Crippen molar-refractivity contribution in [2.45, 2.75) is 12.0 Å². The van der Waals surface area contributed by atoms with Crippen molar-refractivity contribution >= 4 is 11.7 Å². The quantitative estimate of drug-likeness (QED) is 0.810. The second-order valence-electron chi connectivity index (χ2n) is 7.05. The van der Waals surface area contributed by atoms with Crippen LogP contribution in [0.3, 0.4) is 0 Å². The van der Waals surface area contributed by atoms with Gasteiger partial charge in [-0.15, -0.1) is 0 Å². The first-order valence-electron chi connectivity index (χ1n) is 9.29. The standard InChI is InChI=1S/C20H24N4O3/c25-19(12-17-4-2-1-3-5-17)24-9-11-27-20(15-24)14-23(8-10-26-16-20)18-13-21-6-7-22-18/h1-7,13H,8-12,14-16H2. The molecule has 2 fully saturated rings. The molecule has 1 aromatic heterocycles. The molecule has 1 aromatic carbocycles. The molecule has 1 amide bonds. The minimum Gasteiger partial charge on any atom is -0.376 e. The predicted molar refractivity (Wildman–Crippen MR) is 100 cm³/mol. The van der Waals surface area contributed by atoms with Gasteiger partial charge in [-0.1, -0.05) is 30.3 Å². The molecular weight excluding hydrogens is 344 g/mol. The van der Waals surface area contributed by atoms with Crippen LogP contribution in [-0.2, 0) is 20.7 Å². The number of rotatable bonds is 3. The van der Waals surface area contributed by atoms with Crippen molar-refractivity contribution in [3.05, 3.63) is 54.5 Å². The smallest absolute Gasteiger partial charge is 0.227 e. The van der Waals surface area contributed by atoms with Gasteiger partial charge < -0.3 is 19.3 Å². The second-order valence-corrected chi connectivity index (χ2v) is 7.05. The summed E-state index contributed by atoms with van der Waals surface area (Å²) >= 11 is 0. The molecular formula is C20H24N4O3. The zero-order valence-corrected chi connectivity index (χ0v) is 15.3. The molecule has 1 atom stereocenters. The SMILES string of the molecule is O=C(Cc1ccccc1)N1CCOC2(COCCN(c3cnccn3)C2)C1. The van der Waals surface area contributed by atoms with Crippen LogP contribution in [0, 0.1) is 0 Å². The van der Waals surface area contributed by atoms with Gasteiger partial charge in [0, 0.05) is 25.5 Å². The third-order valence-electron chi connectivity index (χ3n) is 5.02. The largest absolute Gasteiger partial charge is 0.376 e. The van der Waals surface area contributed by atoms with E-state index in [9.17, 15) is 4.79 Å². The highest BCUT2D eigenvalue weighted by Gasteiger charge is 2.41. The Morgan fingerprint density at radius 2 is 2.00 bits per heavy atom. The Balaban J connectivity index is 1.47. The van der Waals surface area contributed by atoms with Gasteiger partial charge in [-0.25, -0.2) is 4.98 Å². The van der Waals surface area contributed by atoms with Crippen LogP contribution in [0.25, 0.3) is 0 Å². The fraction of sp³-hybridized carbons (Fsp3) is 0.450. The molecule has 0 bridgehead atoms. The van der Waals surface area contributed by atoms with Crippen LogP contribution >= 0.6 is 0 Å². The summed E-state index contributed by atoms with van der Waals surface area (Å²) in [6.07, 6.45) is 5.51. The van der Waals surface area contributed by atoms with E-state index in [1.54, 1.807) is 18.6 Å². The molecule has 0 saturated carbocycles. The minimum atomic E-state index is -0.543. The fourth-order valence-electron chi connectivity index (χ4n) is 3.68. The Hall–Kier alpha value is -2.51. The van der Waals surface area contributed by atoms with Crippen molar-refractivity contribution in [2.24, 2.45) is 0 Å². The number of amides is 1. The summed E-state index contributed by atoms with van der Waals surface area (Å²) in [5, 5.41) is 0. The van der Waals surface area contributed by atoms with Crippen LogP contribution in [0.5, 0.6) is 0 Å². The third kappa shape index (κ3) is 4.26. The average molecular weight is 368 g/mol. The van der Waals surface area contributed by atoms with Crippen LogP contribution in [0.1, 0.15) is 5.56 Å². The van der Waals surface area contributed by atoms with Crippen LogP contribution in [0.4, 0.5) is 5.82 Å². The number of benzene rings is 1. The normalized spacial score (nSPS) is 23.3. The summed E-state index contributed by atoms with van der Waals surface area (Å²) < 4.78 is 12.0. The zero-order valence-electron chi connectivity index (χ0n) is 15.3. The van der Waals surface area contributed by atoms with Gasteiger partial charge in [-0.3, -0.25) is 9.78 Å². The molecule has 2 aliphatic rings. The molecule has 4 rings (SSSR count). The Morgan fingerprint density at radius 3 is 2.81 bits per heavy atom. The predicted octanol–water partition coefficient (Wildman–Crippen LogP) is 1.15. The van der Waals surface area contributed by atoms with E-state index >= 15 is 0 Å². The minimum absolute atomic E-state index is 0.124. The summed E-state index contributed by atoms with van der Waals surface area (Å²) in [7, 11) is 0. The van der Waals surface area contributed by atoms with Crippen molar-refractivity contribution in [2.75, 3.05) is 50.9 Å². The summed E-state index contributed by atoms with van der Waals surface area (Å²) in [5.41, 5.74) is 0.486. The summed E-state index contributed by atoms with van der Waals surface area (Å²) in [6, 6.07) is 9.85. The second kappa shape index (κ2) is 8.02. The van der Waals surface area contributed by atoms with Gasteiger partial charge in [-0.05, 0) is 5.56 Å². The lowest BCUT2D eigenvalue weighted by Crippen LogP contribution is -2.60. The number of hydrogen-bond donors (Lipinski definition) is 0. The number of morpholine rings is 1. The van der Waals surface area contributed by atoms with Gasteiger partial charge in [0.25, 0.3) is 0 Å². The maximum absolute atomic E-state index is 12.8. The molecule has 0 radical (unpaired) electrons. The van der Waals surface area contributed by atoms with Crippen molar-refractivity contribution in [1.29, 1.82) is 0 Å². The number of carbonyl (C=O) groups is 1. The summed E-state index contributed by atoms with van der Waals surface area (Å²) in [5.74, 6) is 0.929. The lowest BCUT2D eigenvalue weighted by Gasteiger charge is -2.43. The molecule has 1 unspecified atom stereocenters. The summed E-state index contributed by atoms with van der Waals surface area (Å²) in [6.45, 7) is 4.06. The van der Waals surface area contributed by atoms with Gasteiger partial charge in [0.15, 0.2) is 0 Å². The van der Waals surface area contributed by atoms with Gasteiger partial charge in [-0.2, -0.15) is 0 Å². The Kier molecular flexibility index (Phi) is 5.31. The highest BCUT2D eigenvalue weighted by molar-refractivity contribution is 5.79. The molecule has 0 N–H and O–H groups in total. The van der Waals surface area contributed by atoms with E-state index in [0.29, 0.717) is 45.9 Å². The molecule has 27 heavy (non-hydrogen) atoms. The monoisotopic (exact) mass is 368 g/mol. The van der Waals surface area contributed by atoms with E-state index < -0.39 is 5.60 Å². The highest BCUT2D eigenvalue weighted by Crippen LogP contribution is 2.25. The van der Waals surface area contributed by atoms with Gasteiger partial charge in [0.05, 0.1) is 45.5 Å². The molecule has 3 heterocycles. The van der Waals surface area contributed by atoms with Gasteiger partial charge in [0.1, 0.15) is 11.4 Å². The first kappa shape index (κ1) is 17.9. The number of hydrogen-bond acceptors (Lipinski definition) is 6. The number of anilines is 1. The van der Waals surface area contributed by atoms with Gasteiger partial charge in [0.2, 0.25) is 5.91 Å². The highest BCUT2D eigenvalue weighted by atomic mass is 16.5. The third-order valence-corrected chi connectivity index (χ3v) is 5.02. The first-order valence-corrected chi connectivity index (χ1v) is 9.29. The molecule has 2 aliphatic heterocycles. The average Bonchev–Trinajstić information content (AvgIpc) is 2.92. The number of nitrogens with zero attached hydrogens (tertiary/aromatic N) is 4. The first-order chi connectivity index (χ1) is 13.2. The van der Waals surface area contributed by atoms with E-state index in [4.69, 9.17) is 9.47 Å². The van der Waals surface area contributed by atoms with Crippen LogP contribution in [0.2, 0.25) is 0 Å². The zero-order chi connectivity index (χ0) is 18.5. The Morgan fingerprint density at radius 1 is 1.11 bits per heavy atom. The molecule has 7 nitrogen and oxygen atoms in total. The lowest BCUT2D eigenvalue weighted by molar-refractivity contribution is -0.157. The molecule has 2 saturated heterocycles. The molecule has 2 aromatic rings. The molecule has 142 valence electrons. The van der Waals surface area contributed by atoms with Crippen molar-refractivity contribution in [1.82, 2.24) is 14.9 Å². The Bertz CT molecular complexity index is 758. The fourth-order valence-corrected chi connectivity index (χ4v) is 3.68. The van der Waals surface area contributed by atoms with Crippen LogP contribution < -0.4 is 4.90 Å². The molecule has 1 spiro atoms. The summed E-state index contributed by atoms with van der Waals surface area (Å²) in [4.78, 5) is 25.4. The number of carbonyl (C=O) groups excluding carboxylic acids is 1. The topological polar surface area (TPSA) is 67.8 Å². The van der Waals surface area contributed by atoms with E-state index in [1.165, 1.54) is 0 Å². The van der Waals surface area contributed by atoms with Crippen LogP contribution in [-0.4, -0.2) is 72.4 Å². The van der Waals surface area contributed by atoms with Crippen molar-refractivity contribution < 1.29 is 14.3 Å². The number of ether oxygens (including phenoxy) is 2. The maximum atomic E-state index is 12.8. The number of aromatic nitrogens is 2. The molecule has 7 heteroatoms. The van der Waals surface area contributed by atoms with E-state index in [-0.39, 0.29) is 5.91 Å². The van der Waals surface area contributed by atoms with Crippen molar-refractivity contribution in [3.63, 3.8) is 0 Å². The van der Waals surface area contributed by atoms with Crippen LogP contribution in [0.15, 0.2) is 48.9 Å². The van der Waals surface area contributed by atoms with E-state index in [1.807, 2.05) is 35.2 Å². The van der Waals surface area contributed by atoms with E-state index in [2.05, 4.69) is 14.9 Å². The lowest BCUT2D eigenvalue weighted by atomic mass is 10.0.